The largest absolute Gasteiger partial charge is 2.00 e. The molecule has 0 aromatic carbocycles. The summed E-state index contributed by atoms with van der Waals surface area (Å²) >= 11 is 0. The van der Waals surface area contributed by atoms with Crippen LogP contribution in [0.1, 0.15) is 27.7 Å². The van der Waals surface area contributed by atoms with Crippen molar-refractivity contribution in [3.63, 3.8) is 0 Å². The zero-order valence-electron chi connectivity index (χ0n) is 13.9. The second kappa shape index (κ2) is 81.0. The van der Waals surface area contributed by atoms with E-state index in [4.69, 9.17) is 31.9 Å². The SMILES string of the molecule is CC(C)N=CC=NC(C)C.[C-]#[O+].[C-]#[O+].[C-]#[O+].[CH-]=CC=[CH-].[CH-]=O.[Fe+2].[Fe]. The Labute approximate surface area is 167 Å². The van der Waals surface area contributed by atoms with Crippen LogP contribution in [0.2, 0.25) is 0 Å². The van der Waals surface area contributed by atoms with Crippen molar-refractivity contribution < 1.29 is 52.9 Å². The first kappa shape index (κ1) is 49.5. The number of carbonyl (C=O) groups excluding carboxylic acids is 1. The minimum atomic E-state index is 0. The molecule has 0 aliphatic heterocycles. The molecule has 0 saturated heterocycles. The maximum Gasteiger partial charge on any atom is 2.00 e. The fourth-order valence-corrected chi connectivity index (χ4v) is 0.421. The Balaban J connectivity index is -0.0000000260. The molecule has 136 valence electrons. The topological polar surface area (TPSA) is 101 Å². The third-order valence-corrected chi connectivity index (χ3v) is 0.946. The van der Waals surface area contributed by atoms with E-state index in [2.05, 4.69) is 36.7 Å². The summed E-state index contributed by atoms with van der Waals surface area (Å²) in [7, 11) is 0. The first-order valence-electron chi connectivity index (χ1n) is 5.52. The van der Waals surface area contributed by atoms with Crippen LogP contribution in [0.3, 0.4) is 0 Å². The molecule has 0 saturated carbocycles. The van der Waals surface area contributed by atoms with Gasteiger partial charge in [0.2, 0.25) is 0 Å². The summed E-state index contributed by atoms with van der Waals surface area (Å²) in [5.41, 5.74) is 0. The number of aliphatic imine (C=N–C) groups is 2. The monoisotopic (exact) mass is 417 g/mol. The molecule has 0 N–H and O–H groups in total. The van der Waals surface area contributed by atoms with E-state index >= 15 is 0 Å². The first-order valence-corrected chi connectivity index (χ1v) is 5.52. The van der Waals surface area contributed by atoms with Crippen molar-refractivity contribution >= 4 is 19.2 Å². The molecule has 0 aromatic rings. The predicted octanol–water partition coefficient (Wildman–Crippen LogP) is 2.52. The van der Waals surface area contributed by atoms with Gasteiger partial charge in [-0.05, 0) is 27.7 Å². The van der Waals surface area contributed by atoms with Crippen molar-refractivity contribution in [1.82, 2.24) is 0 Å². The average molecular weight is 417 g/mol. The van der Waals surface area contributed by atoms with Gasteiger partial charge in [-0.25, -0.2) is 0 Å². The van der Waals surface area contributed by atoms with Crippen molar-refractivity contribution in [3.05, 3.63) is 45.3 Å². The molecule has 0 radical (unpaired) electrons. The zero-order chi connectivity index (χ0) is 19.4. The van der Waals surface area contributed by atoms with Gasteiger partial charge in [0.25, 0.3) is 0 Å². The van der Waals surface area contributed by atoms with Gasteiger partial charge in [0, 0.05) is 41.6 Å². The fraction of sp³-hybridized carbons (Fsp3) is 0.375. The van der Waals surface area contributed by atoms with Gasteiger partial charge in [-0.1, -0.05) is 0 Å². The quantitative estimate of drug-likeness (QED) is 0.172. The summed E-state index contributed by atoms with van der Waals surface area (Å²) in [5, 5.41) is 0. The molecule has 0 heterocycles. The minimum absolute atomic E-state index is 0. The Morgan fingerprint density at radius 3 is 1.00 bits per heavy atom. The van der Waals surface area contributed by atoms with E-state index in [1.807, 2.05) is 27.7 Å². The van der Waals surface area contributed by atoms with Crippen LogP contribution < -0.4 is 0 Å². The second-order valence-electron chi connectivity index (χ2n) is 3.17. The molecule has 0 aromatic heterocycles. The van der Waals surface area contributed by atoms with Crippen LogP contribution in [0, 0.1) is 33.1 Å². The normalized spacial score (nSPS) is 6.67. The Bertz CT molecular complexity index is 288. The molecule has 0 rings (SSSR count). The molecule has 0 atom stereocenters. The minimum Gasteiger partial charge on any atom is -0.545 e. The molecule has 0 spiro atoms. The van der Waals surface area contributed by atoms with E-state index in [0.29, 0.717) is 12.1 Å². The van der Waals surface area contributed by atoms with Crippen LogP contribution >= 0.6 is 0 Å². The molecular formula is C16H21Fe2N2O4-. The third kappa shape index (κ3) is 178. The summed E-state index contributed by atoms with van der Waals surface area (Å²) < 4.78 is 22.5. The van der Waals surface area contributed by atoms with E-state index in [9.17, 15) is 0 Å². The summed E-state index contributed by atoms with van der Waals surface area (Å²) in [4.78, 5) is 16.0. The molecule has 6 nitrogen and oxygen atoms in total. The van der Waals surface area contributed by atoms with Crippen molar-refractivity contribution in [2.24, 2.45) is 9.98 Å². The average Bonchev–Trinajstić information content (AvgIpc) is 2.59. The Morgan fingerprint density at radius 1 is 0.750 bits per heavy atom. The van der Waals surface area contributed by atoms with Crippen molar-refractivity contribution in [1.29, 1.82) is 0 Å². The van der Waals surface area contributed by atoms with Gasteiger partial charge in [-0.3, -0.25) is 16.8 Å². The molecule has 0 fully saturated rings. The van der Waals surface area contributed by atoms with E-state index in [0.717, 1.165) is 0 Å². The van der Waals surface area contributed by atoms with Crippen molar-refractivity contribution in [2.75, 3.05) is 0 Å². The summed E-state index contributed by atoms with van der Waals surface area (Å²) in [6.45, 7) is 34.4. The van der Waals surface area contributed by atoms with Crippen LogP contribution in [-0.2, 0) is 52.9 Å². The number of nitrogens with zero attached hydrogens (tertiary/aromatic N) is 2. The number of allylic oxidation sites excluding steroid dienone is 2. The number of hydrogen-bond acceptors (Lipinski definition) is 3. The summed E-state index contributed by atoms with van der Waals surface area (Å²) in [6.07, 6.45) is 6.06. The molecular weight excluding hydrogens is 396 g/mol. The van der Waals surface area contributed by atoms with Gasteiger partial charge in [-0.15, -0.1) is 0 Å². The van der Waals surface area contributed by atoms with Gasteiger partial charge in [0.05, 0.1) is 0 Å². The molecule has 0 aliphatic carbocycles. The van der Waals surface area contributed by atoms with E-state index in [1.165, 1.54) is 12.2 Å². The molecule has 0 unspecified atom stereocenters. The first-order chi connectivity index (χ1) is 10.5. The van der Waals surface area contributed by atoms with E-state index in [-0.39, 0.29) is 34.1 Å². The van der Waals surface area contributed by atoms with Gasteiger partial charge in [-0.2, -0.15) is 0 Å². The van der Waals surface area contributed by atoms with Crippen LogP contribution in [0.4, 0.5) is 0 Å². The predicted molar refractivity (Wildman–Crippen MR) is 83.5 cm³/mol. The fourth-order valence-electron chi connectivity index (χ4n) is 0.421. The zero-order valence-corrected chi connectivity index (χ0v) is 16.1. The van der Waals surface area contributed by atoms with Crippen LogP contribution in [-0.4, -0.2) is 31.3 Å². The van der Waals surface area contributed by atoms with Crippen LogP contribution in [0.25, 0.3) is 0 Å². The summed E-state index contributed by atoms with van der Waals surface area (Å²) in [6, 6.07) is 0.747. The van der Waals surface area contributed by atoms with Crippen LogP contribution in [0.15, 0.2) is 22.1 Å². The Kier molecular flexibility index (Phi) is 167. The maximum absolute atomic E-state index is 7.75. The molecule has 0 amide bonds. The number of hydrogen-bond donors (Lipinski definition) is 0. The Morgan fingerprint density at radius 2 is 0.917 bits per heavy atom. The van der Waals surface area contributed by atoms with E-state index in [1.54, 1.807) is 12.4 Å². The van der Waals surface area contributed by atoms with Crippen molar-refractivity contribution in [3.8, 4) is 0 Å². The van der Waals surface area contributed by atoms with Gasteiger partial charge < -0.3 is 30.1 Å². The smallest absolute Gasteiger partial charge is 0.545 e. The maximum atomic E-state index is 7.75. The third-order valence-electron chi connectivity index (χ3n) is 0.946. The molecule has 0 aliphatic rings. The standard InChI is InChI=1S/C8H16N2.C4H4.CHO.3CO.2Fe/c1-7(2)9-5-6-10-8(3)4;1-3-4-2;4*1-2;;/h5-8H,1-4H3;1-4H;1H;;;;;/q;-2;-1;;;;;+2. The van der Waals surface area contributed by atoms with Gasteiger partial charge in [0.1, 0.15) is 0 Å². The molecule has 0 bridgehead atoms. The van der Waals surface area contributed by atoms with Gasteiger partial charge in [0.15, 0.2) is 0 Å². The van der Waals surface area contributed by atoms with E-state index < -0.39 is 0 Å². The van der Waals surface area contributed by atoms with Gasteiger partial charge >= 0.3 is 51.0 Å². The Hall–Kier alpha value is -1.25. The van der Waals surface area contributed by atoms with Crippen molar-refractivity contribution in [2.45, 2.75) is 39.8 Å². The molecule has 24 heavy (non-hydrogen) atoms. The molecule has 8 heteroatoms. The summed E-state index contributed by atoms with van der Waals surface area (Å²) in [5.74, 6) is 0. The second-order valence-corrected chi connectivity index (χ2v) is 3.17. The number of rotatable bonds is 4. The van der Waals surface area contributed by atoms with Crippen LogP contribution in [0.5, 0.6) is 0 Å².